The molecule has 14 heavy (non-hydrogen) atoms. The molecule has 0 aromatic carbocycles. The van der Waals surface area contributed by atoms with Gasteiger partial charge < -0.3 is 5.21 Å². The maximum atomic E-state index is 9.87. The van der Waals surface area contributed by atoms with Gasteiger partial charge in [0.15, 0.2) is 0 Å². The molecule has 0 saturated heterocycles. The largest absolute Gasteiger partial charge is 0.313 e. The van der Waals surface area contributed by atoms with E-state index in [-0.39, 0.29) is 0 Å². The fourth-order valence-electron chi connectivity index (χ4n) is 1.70. The van der Waals surface area contributed by atoms with Crippen molar-refractivity contribution in [1.29, 1.82) is 0 Å². The van der Waals surface area contributed by atoms with E-state index in [4.69, 9.17) is 0 Å². The van der Waals surface area contributed by atoms with Crippen LogP contribution in [0.2, 0.25) is 0 Å². The Hall–Kier alpha value is -0.0800. The number of hydroxylamine groups is 2. The average Bonchev–Trinajstić information content (AvgIpc) is 2.21. The first-order valence-corrected chi connectivity index (χ1v) is 6.10. The minimum Gasteiger partial charge on any atom is -0.313 e. The van der Waals surface area contributed by atoms with Gasteiger partial charge in [-0.3, -0.25) is 0 Å². The molecule has 2 atom stereocenters. The molecular weight excluding hydrogens is 174 g/mol. The highest BCUT2D eigenvalue weighted by atomic mass is 16.5. The Balaban J connectivity index is 3.72. The number of rotatable bonds is 8. The molecule has 0 aliphatic heterocycles. The van der Waals surface area contributed by atoms with Gasteiger partial charge in [-0.05, 0) is 26.7 Å². The van der Waals surface area contributed by atoms with Crippen molar-refractivity contribution in [2.24, 2.45) is 0 Å². The summed E-state index contributed by atoms with van der Waals surface area (Å²) < 4.78 is 0. The molecule has 0 amide bonds. The van der Waals surface area contributed by atoms with Gasteiger partial charge in [-0.1, -0.05) is 39.5 Å². The molecule has 0 heterocycles. The van der Waals surface area contributed by atoms with E-state index in [9.17, 15) is 5.21 Å². The summed E-state index contributed by atoms with van der Waals surface area (Å²) in [4.78, 5) is 0. The minimum atomic E-state index is 0.307. The lowest BCUT2D eigenvalue weighted by Crippen LogP contribution is -2.37. The summed E-state index contributed by atoms with van der Waals surface area (Å²) in [6, 6.07) is 0.614. The van der Waals surface area contributed by atoms with Crippen LogP contribution >= 0.6 is 0 Å². The van der Waals surface area contributed by atoms with Gasteiger partial charge in [-0.2, -0.15) is 5.06 Å². The lowest BCUT2D eigenvalue weighted by atomic mass is 10.1. The number of hydrogen-bond acceptors (Lipinski definition) is 2. The molecule has 0 saturated carbocycles. The van der Waals surface area contributed by atoms with Crippen molar-refractivity contribution in [3.8, 4) is 0 Å². The van der Waals surface area contributed by atoms with Crippen LogP contribution in [0.25, 0.3) is 0 Å². The Morgan fingerprint density at radius 2 is 1.29 bits per heavy atom. The molecule has 0 bridgehead atoms. The second kappa shape index (κ2) is 8.25. The lowest BCUT2D eigenvalue weighted by molar-refractivity contribution is -0.154. The van der Waals surface area contributed by atoms with Gasteiger partial charge in [-0.15, -0.1) is 0 Å². The van der Waals surface area contributed by atoms with Gasteiger partial charge in [0.05, 0.1) is 0 Å². The van der Waals surface area contributed by atoms with Gasteiger partial charge in [0.2, 0.25) is 0 Å². The van der Waals surface area contributed by atoms with E-state index in [1.54, 1.807) is 5.06 Å². The molecule has 2 nitrogen and oxygen atoms in total. The first-order chi connectivity index (χ1) is 6.63. The van der Waals surface area contributed by atoms with Crippen molar-refractivity contribution < 1.29 is 5.21 Å². The molecule has 1 N–H and O–H groups in total. The van der Waals surface area contributed by atoms with Crippen LogP contribution in [-0.2, 0) is 0 Å². The Kier molecular flexibility index (Phi) is 8.20. The van der Waals surface area contributed by atoms with Crippen molar-refractivity contribution >= 4 is 0 Å². The zero-order valence-electron chi connectivity index (χ0n) is 10.3. The smallest absolute Gasteiger partial charge is 0.0325 e. The third kappa shape index (κ3) is 5.61. The molecule has 0 spiro atoms. The topological polar surface area (TPSA) is 23.5 Å². The van der Waals surface area contributed by atoms with Crippen LogP contribution in [0.3, 0.4) is 0 Å². The molecule has 0 aromatic rings. The summed E-state index contributed by atoms with van der Waals surface area (Å²) in [6.07, 6.45) is 7.04. The SMILES string of the molecule is CCCCC(C)N(O)C(C)CCCC. The highest BCUT2D eigenvalue weighted by molar-refractivity contribution is 4.66. The predicted molar refractivity (Wildman–Crippen MR) is 61.6 cm³/mol. The van der Waals surface area contributed by atoms with E-state index in [1.165, 1.54) is 25.7 Å². The highest BCUT2D eigenvalue weighted by Gasteiger charge is 2.16. The molecule has 0 aliphatic rings. The van der Waals surface area contributed by atoms with E-state index in [2.05, 4.69) is 27.7 Å². The average molecular weight is 201 g/mol. The molecule has 2 heteroatoms. The van der Waals surface area contributed by atoms with Gasteiger partial charge in [-0.25, -0.2) is 0 Å². The van der Waals surface area contributed by atoms with Crippen LogP contribution in [0.4, 0.5) is 0 Å². The standard InChI is InChI=1S/C12H27NO/c1-5-7-9-11(3)13(14)12(4)10-8-6-2/h11-12,14H,5-10H2,1-4H3. The zero-order chi connectivity index (χ0) is 11.0. The van der Waals surface area contributed by atoms with Crippen LogP contribution < -0.4 is 0 Å². The van der Waals surface area contributed by atoms with Gasteiger partial charge in [0, 0.05) is 12.1 Å². The van der Waals surface area contributed by atoms with Crippen LogP contribution in [0, 0.1) is 0 Å². The Bertz CT molecular complexity index is 113. The monoisotopic (exact) mass is 201 g/mol. The molecular formula is C12H27NO. The fraction of sp³-hybridized carbons (Fsp3) is 1.00. The summed E-state index contributed by atoms with van der Waals surface area (Å²) in [5.74, 6) is 0. The minimum absolute atomic E-state index is 0.307. The lowest BCUT2D eigenvalue weighted by Gasteiger charge is -2.28. The predicted octanol–water partition coefficient (Wildman–Crippen LogP) is 3.84. The molecule has 2 unspecified atom stereocenters. The first kappa shape index (κ1) is 13.9. The highest BCUT2D eigenvalue weighted by Crippen LogP contribution is 2.13. The zero-order valence-corrected chi connectivity index (χ0v) is 10.3. The summed E-state index contributed by atoms with van der Waals surface area (Å²) in [5.41, 5.74) is 0. The summed E-state index contributed by atoms with van der Waals surface area (Å²) in [5, 5.41) is 11.4. The van der Waals surface area contributed by atoms with E-state index < -0.39 is 0 Å². The summed E-state index contributed by atoms with van der Waals surface area (Å²) >= 11 is 0. The maximum Gasteiger partial charge on any atom is 0.0325 e. The van der Waals surface area contributed by atoms with Crippen molar-refractivity contribution in [3.63, 3.8) is 0 Å². The van der Waals surface area contributed by atoms with E-state index >= 15 is 0 Å². The number of nitrogens with zero attached hydrogens (tertiary/aromatic N) is 1. The maximum absolute atomic E-state index is 9.87. The second-order valence-corrected chi connectivity index (χ2v) is 4.36. The van der Waals surface area contributed by atoms with E-state index in [0.29, 0.717) is 12.1 Å². The summed E-state index contributed by atoms with van der Waals surface area (Å²) in [7, 11) is 0. The molecule has 0 rings (SSSR count). The third-order valence-electron chi connectivity index (χ3n) is 2.85. The number of unbranched alkanes of at least 4 members (excludes halogenated alkanes) is 2. The van der Waals surface area contributed by atoms with Gasteiger partial charge >= 0.3 is 0 Å². The normalized spacial score (nSPS) is 15.9. The molecule has 0 aliphatic carbocycles. The van der Waals surface area contributed by atoms with Gasteiger partial charge in [0.25, 0.3) is 0 Å². The Morgan fingerprint density at radius 1 is 0.929 bits per heavy atom. The van der Waals surface area contributed by atoms with E-state index in [0.717, 1.165) is 12.8 Å². The molecule has 0 aromatic heterocycles. The molecule has 0 radical (unpaired) electrons. The van der Waals surface area contributed by atoms with Crippen molar-refractivity contribution in [3.05, 3.63) is 0 Å². The van der Waals surface area contributed by atoms with Crippen LogP contribution in [-0.4, -0.2) is 22.4 Å². The molecule has 0 fully saturated rings. The van der Waals surface area contributed by atoms with Crippen molar-refractivity contribution in [1.82, 2.24) is 5.06 Å². The van der Waals surface area contributed by atoms with Crippen molar-refractivity contribution in [2.75, 3.05) is 0 Å². The van der Waals surface area contributed by atoms with Crippen LogP contribution in [0.5, 0.6) is 0 Å². The molecule has 86 valence electrons. The van der Waals surface area contributed by atoms with E-state index in [1.807, 2.05) is 0 Å². The Labute approximate surface area is 89.3 Å². The third-order valence-corrected chi connectivity index (χ3v) is 2.85. The van der Waals surface area contributed by atoms with Crippen LogP contribution in [0.15, 0.2) is 0 Å². The summed E-state index contributed by atoms with van der Waals surface area (Å²) in [6.45, 7) is 8.60. The first-order valence-electron chi connectivity index (χ1n) is 6.10. The second-order valence-electron chi connectivity index (χ2n) is 4.36. The van der Waals surface area contributed by atoms with Gasteiger partial charge in [0.1, 0.15) is 0 Å². The fourth-order valence-corrected chi connectivity index (χ4v) is 1.70. The quantitative estimate of drug-likeness (QED) is 0.603. The Morgan fingerprint density at radius 3 is 1.57 bits per heavy atom. The van der Waals surface area contributed by atoms with Crippen LogP contribution in [0.1, 0.15) is 66.2 Å². The number of hydrogen-bond donors (Lipinski definition) is 1. The van der Waals surface area contributed by atoms with Crippen molar-refractivity contribution in [2.45, 2.75) is 78.3 Å².